The van der Waals surface area contributed by atoms with Crippen molar-refractivity contribution >= 4 is 21.6 Å². The topological polar surface area (TPSA) is 38.0 Å². The maximum absolute atomic E-state index is 14.3. The first-order valence-electron chi connectivity index (χ1n) is 9.04. The van der Waals surface area contributed by atoms with Gasteiger partial charge in [-0.05, 0) is 51.1 Å². The highest BCUT2D eigenvalue weighted by atomic mass is 32.1. The number of rotatable bonds is 3. The second-order valence-corrected chi connectivity index (χ2v) is 8.18. The number of alkyl halides is 3. The van der Waals surface area contributed by atoms with Gasteiger partial charge in [0.1, 0.15) is 5.01 Å². The predicted octanol–water partition coefficient (Wildman–Crippen LogP) is 5.81. The lowest BCUT2D eigenvalue weighted by Gasteiger charge is -2.29. The minimum absolute atomic E-state index is 0.206. The van der Waals surface area contributed by atoms with Crippen LogP contribution in [-0.4, -0.2) is 20.8 Å². The Hall–Kier alpha value is -2.64. The predicted molar refractivity (Wildman–Crippen MR) is 109 cm³/mol. The zero-order valence-corrected chi connectivity index (χ0v) is 16.9. The summed E-state index contributed by atoms with van der Waals surface area (Å²) in [6.07, 6.45) is -4.93. The maximum atomic E-state index is 14.3. The first-order chi connectivity index (χ1) is 13.6. The molecule has 0 bridgehead atoms. The van der Waals surface area contributed by atoms with E-state index in [-0.39, 0.29) is 10.6 Å². The molecule has 0 aliphatic rings. The van der Waals surface area contributed by atoms with E-state index in [1.165, 1.54) is 6.07 Å². The van der Waals surface area contributed by atoms with Crippen LogP contribution in [0, 0.1) is 20.8 Å². The molecule has 0 unspecified atom stereocenters. The first kappa shape index (κ1) is 19.7. The molecular formula is C22H19F3N2OS. The Morgan fingerprint density at radius 3 is 2.24 bits per heavy atom. The summed E-state index contributed by atoms with van der Waals surface area (Å²) in [5.41, 5.74) is -0.245. The zero-order chi connectivity index (χ0) is 21.0. The number of fused-ring (bicyclic) bond motifs is 1. The monoisotopic (exact) mass is 416 g/mol. The average molecular weight is 416 g/mol. The molecule has 0 amide bonds. The molecule has 0 aliphatic heterocycles. The van der Waals surface area contributed by atoms with E-state index in [4.69, 9.17) is 0 Å². The molecule has 3 nitrogen and oxygen atoms in total. The number of thiazole rings is 1. The fraction of sp³-hybridized carbons (Fsp3) is 0.227. The fourth-order valence-electron chi connectivity index (χ4n) is 3.64. The minimum atomic E-state index is -4.93. The Morgan fingerprint density at radius 1 is 0.966 bits per heavy atom. The number of para-hydroxylation sites is 1. The summed E-state index contributed by atoms with van der Waals surface area (Å²) >= 11 is 0.857. The number of benzene rings is 2. The van der Waals surface area contributed by atoms with Crippen molar-refractivity contribution in [2.75, 3.05) is 0 Å². The van der Waals surface area contributed by atoms with Gasteiger partial charge in [-0.2, -0.15) is 13.2 Å². The molecule has 2 aromatic heterocycles. The summed E-state index contributed by atoms with van der Waals surface area (Å²) in [6, 6.07) is 15.7. The lowest BCUT2D eigenvalue weighted by Crippen LogP contribution is -2.43. The van der Waals surface area contributed by atoms with Gasteiger partial charge in [0.2, 0.25) is 5.60 Å². The average Bonchev–Trinajstić information content (AvgIpc) is 3.22. The SMILES string of the molecule is Cc1ccc(-n2c(C)cc([C@](O)(c3nc4ccccc4s3)C(F)(F)F)c2C)cc1. The van der Waals surface area contributed by atoms with Crippen LogP contribution >= 0.6 is 11.3 Å². The molecule has 0 spiro atoms. The van der Waals surface area contributed by atoms with Crippen LogP contribution < -0.4 is 0 Å². The molecular weight excluding hydrogens is 397 g/mol. The van der Waals surface area contributed by atoms with Gasteiger partial charge in [0, 0.05) is 22.6 Å². The summed E-state index contributed by atoms with van der Waals surface area (Å²) in [7, 11) is 0. The van der Waals surface area contributed by atoms with Crippen molar-refractivity contribution in [1.29, 1.82) is 0 Å². The van der Waals surface area contributed by atoms with Crippen molar-refractivity contribution in [3.8, 4) is 5.69 Å². The molecule has 0 fully saturated rings. The van der Waals surface area contributed by atoms with E-state index in [9.17, 15) is 18.3 Å². The molecule has 0 saturated carbocycles. The van der Waals surface area contributed by atoms with E-state index in [1.54, 1.807) is 42.7 Å². The van der Waals surface area contributed by atoms with Crippen LogP contribution in [0.2, 0.25) is 0 Å². The number of hydrogen-bond acceptors (Lipinski definition) is 3. The molecule has 7 heteroatoms. The van der Waals surface area contributed by atoms with Crippen molar-refractivity contribution < 1.29 is 18.3 Å². The Labute approximate surface area is 170 Å². The standard InChI is InChI=1S/C22H19F3N2OS/c1-13-8-10-16(11-9-13)27-14(2)12-17(15(27)3)21(28,22(23,24)25)20-26-18-6-4-5-7-19(18)29-20/h4-12,28H,1-3H3/t21-/m0/s1. The van der Waals surface area contributed by atoms with Gasteiger partial charge >= 0.3 is 6.18 Å². The highest BCUT2D eigenvalue weighted by molar-refractivity contribution is 7.18. The smallest absolute Gasteiger partial charge is 0.370 e. The number of aromatic nitrogens is 2. The third-order valence-electron chi connectivity index (χ3n) is 5.13. The molecule has 0 aliphatic carbocycles. The molecule has 1 N–H and O–H groups in total. The van der Waals surface area contributed by atoms with Crippen molar-refractivity contribution in [3.05, 3.63) is 82.1 Å². The zero-order valence-electron chi connectivity index (χ0n) is 16.1. The van der Waals surface area contributed by atoms with Crippen LogP contribution in [0.25, 0.3) is 15.9 Å². The molecule has 4 rings (SSSR count). The highest BCUT2D eigenvalue weighted by Crippen LogP contribution is 2.48. The summed E-state index contributed by atoms with van der Waals surface area (Å²) in [4.78, 5) is 4.13. The lowest BCUT2D eigenvalue weighted by molar-refractivity contribution is -0.248. The van der Waals surface area contributed by atoms with Gasteiger partial charge in [0.25, 0.3) is 0 Å². The van der Waals surface area contributed by atoms with Crippen molar-refractivity contribution in [1.82, 2.24) is 9.55 Å². The Kier molecular flexibility index (Phi) is 4.55. The summed E-state index contributed by atoms with van der Waals surface area (Å²) in [5.74, 6) is 0. The third kappa shape index (κ3) is 3.05. The van der Waals surface area contributed by atoms with Crippen molar-refractivity contribution in [2.24, 2.45) is 0 Å². The number of hydrogen-bond donors (Lipinski definition) is 1. The second-order valence-electron chi connectivity index (χ2n) is 7.15. The molecule has 1 atom stereocenters. The quantitative estimate of drug-likeness (QED) is 0.458. The van der Waals surface area contributed by atoms with Crippen LogP contribution in [0.4, 0.5) is 13.2 Å². The van der Waals surface area contributed by atoms with Crippen LogP contribution in [0.3, 0.4) is 0 Å². The molecule has 0 radical (unpaired) electrons. The molecule has 0 saturated heterocycles. The van der Waals surface area contributed by atoms with Crippen LogP contribution in [0.5, 0.6) is 0 Å². The van der Waals surface area contributed by atoms with Gasteiger partial charge in [0.05, 0.1) is 10.2 Å². The number of aryl methyl sites for hydroxylation is 2. The van der Waals surface area contributed by atoms with E-state index in [2.05, 4.69) is 4.98 Å². The van der Waals surface area contributed by atoms with Gasteiger partial charge in [0.15, 0.2) is 0 Å². The van der Waals surface area contributed by atoms with E-state index in [0.717, 1.165) is 22.6 Å². The van der Waals surface area contributed by atoms with Crippen LogP contribution in [-0.2, 0) is 5.60 Å². The Bertz CT molecular complexity index is 1160. The van der Waals surface area contributed by atoms with E-state index in [0.29, 0.717) is 21.6 Å². The Balaban J connectivity index is 1.95. The van der Waals surface area contributed by atoms with Crippen LogP contribution in [0.15, 0.2) is 54.6 Å². The highest BCUT2D eigenvalue weighted by Gasteiger charge is 2.59. The van der Waals surface area contributed by atoms with Gasteiger partial charge in [-0.25, -0.2) is 4.98 Å². The number of halogens is 3. The van der Waals surface area contributed by atoms with Gasteiger partial charge in [-0.1, -0.05) is 29.8 Å². The van der Waals surface area contributed by atoms with Crippen LogP contribution in [0.1, 0.15) is 27.5 Å². The first-order valence-corrected chi connectivity index (χ1v) is 9.86. The molecule has 150 valence electrons. The van der Waals surface area contributed by atoms with E-state index >= 15 is 0 Å². The summed E-state index contributed by atoms with van der Waals surface area (Å²) in [5, 5.41) is 10.7. The van der Waals surface area contributed by atoms with Gasteiger partial charge in [-0.15, -0.1) is 11.3 Å². The fourth-order valence-corrected chi connectivity index (χ4v) is 4.73. The van der Waals surface area contributed by atoms with E-state index in [1.807, 2.05) is 31.2 Å². The summed E-state index contributed by atoms with van der Waals surface area (Å²) in [6.45, 7) is 5.26. The third-order valence-corrected chi connectivity index (χ3v) is 6.27. The molecule has 2 aromatic carbocycles. The van der Waals surface area contributed by atoms with Crippen molar-refractivity contribution in [2.45, 2.75) is 32.5 Å². The lowest BCUT2D eigenvalue weighted by atomic mass is 9.93. The normalized spacial score (nSPS) is 14.3. The summed E-state index contributed by atoms with van der Waals surface area (Å²) < 4.78 is 45.2. The van der Waals surface area contributed by atoms with Gasteiger partial charge < -0.3 is 9.67 Å². The van der Waals surface area contributed by atoms with E-state index < -0.39 is 11.8 Å². The number of nitrogens with zero attached hydrogens (tertiary/aromatic N) is 2. The Morgan fingerprint density at radius 2 is 1.62 bits per heavy atom. The van der Waals surface area contributed by atoms with Crippen molar-refractivity contribution in [3.63, 3.8) is 0 Å². The molecule has 29 heavy (non-hydrogen) atoms. The maximum Gasteiger partial charge on any atom is 0.428 e. The molecule has 2 heterocycles. The number of aliphatic hydroxyl groups is 1. The largest absolute Gasteiger partial charge is 0.428 e. The molecule has 4 aromatic rings. The second kappa shape index (κ2) is 6.71. The van der Waals surface area contributed by atoms with Gasteiger partial charge in [-0.3, -0.25) is 0 Å². The minimum Gasteiger partial charge on any atom is -0.370 e.